The molecule has 0 aliphatic carbocycles. The van der Waals surface area contributed by atoms with Crippen LogP contribution in [0.25, 0.3) is 0 Å². The number of carbonyl (C=O) groups is 2. The first-order chi connectivity index (χ1) is 15.0. The fraction of sp³-hybridized carbons (Fsp3) is 0.130. The average Bonchev–Trinajstić information content (AvgIpc) is 2.81. The summed E-state index contributed by atoms with van der Waals surface area (Å²) in [5.74, 6) is -1.37. The number of amides is 1. The Morgan fingerprint density at radius 2 is 1.65 bits per heavy atom. The first-order valence-corrected chi connectivity index (χ1v) is 9.39. The second kappa shape index (κ2) is 10.0. The number of esters is 1. The van der Waals surface area contributed by atoms with E-state index >= 15 is 0 Å². The zero-order valence-electron chi connectivity index (χ0n) is 16.7. The Kier molecular flexibility index (Phi) is 6.95. The van der Waals surface area contributed by atoms with Gasteiger partial charge in [0.25, 0.3) is 5.91 Å². The highest BCUT2D eigenvalue weighted by Crippen LogP contribution is 2.32. The molecular formula is C23H20N2O6. The molecule has 1 atom stereocenters. The summed E-state index contributed by atoms with van der Waals surface area (Å²) in [6.07, 6.45) is -1.17. The van der Waals surface area contributed by atoms with Crippen LogP contribution in [0.2, 0.25) is 0 Å². The monoisotopic (exact) mass is 420 g/mol. The van der Waals surface area contributed by atoms with Crippen molar-refractivity contribution in [3.8, 4) is 5.75 Å². The molecule has 1 unspecified atom stereocenters. The highest BCUT2D eigenvalue weighted by Gasteiger charge is 2.27. The minimum Gasteiger partial charge on any atom is -0.469 e. The SMILES string of the molecule is COC(=O)c1ccc([N+](=O)[O-])c(OC(C(=O)NCc2ccccc2)c2ccccc2)c1. The molecule has 8 nitrogen and oxygen atoms in total. The maximum absolute atomic E-state index is 13.0. The van der Waals surface area contributed by atoms with E-state index in [4.69, 9.17) is 4.74 Å². The Bertz CT molecular complexity index is 1070. The van der Waals surface area contributed by atoms with E-state index in [-0.39, 0.29) is 23.5 Å². The fourth-order valence-electron chi connectivity index (χ4n) is 2.91. The maximum Gasteiger partial charge on any atom is 0.337 e. The van der Waals surface area contributed by atoms with Crippen LogP contribution in [0.4, 0.5) is 5.69 Å². The van der Waals surface area contributed by atoms with Gasteiger partial charge in [-0.05, 0) is 11.6 Å². The Balaban J connectivity index is 1.92. The average molecular weight is 420 g/mol. The third kappa shape index (κ3) is 5.45. The van der Waals surface area contributed by atoms with Gasteiger partial charge >= 0.3 is 11.7 Å². The molecule has 31 heavy (non-hydrogen) atoms. The van der Waals surface area contributed by atoms with Crippen molar-refractivity contribution < 1.29 is 24.0 Å². The molecule has 0 saturated heterocycles. The van der Waals surface area contributed by atoms with Crippen LogP contribution in [0.3, 0.4) is 0 Å². The molecule has 0 radical (unpaired) electrons. The van der Waals surface area contributed by atoms with Crippen molar-refractivity contribution in [2.45, 2.75) is 12.6 Å². The molecule has 1 amide bonds. The Hall–Kier alpha value is -4.20. The van der Waals surface area contributed by atoms with Crippen molar-refractivity contribution in [1.29, 1.82) is 0 Å². The van der Waals surface area contributed by atoms with E-state index in [1.165, 1.54) is 19.2 Å². The van der Waals surface area contributed by atoms with Crippen LogP contribution in [-0.4, -0.2) is 23.9 Å². The van der Waals surface area contributed by atoms with Gasteiger partial charge in [-0.15, -0.1) is 0 Å². The van der Waals surface area contributed by atoms with Crippen LogP contribution in [0.15, 0.2) is 78.9 Å². The van der Waals surface area contributed by atoms with E-state index < -0.39 is 22.9 Å². The number of ether oxygens (including phenoxy) is 2. The van der Waals surface area contributed by atoms with Gasteiger partial charge in [0, 0.05) is 24.2 Å². The zero-order valence-corrected chi connectivity index (χ0v) is 16.7. The van der Waals surface area contributed by atoms with Crippen molar-refractivity contribution in [1.82, 2.24) is 5.32 Å². The topological polar surface area (TPSA) is 108 Å². The number of hydrogen-bond acceptors (Lipinski definition) is 6. The largest absolute Gasteiger partial charge is 0.469 e. The van der Waals surface area contributed by atoms with Crippen molar-refractivity contribution >= 4 is 17.6 Å². The molecule has 0 spiro atoms. The number of rotatable bonds is 8. The van der Waals surface area contributed by atoms with Crippen molar-refractivity contribution in [2.75, 3.05) is 7.11 Å². The minimum absolute atomic E-state index is 0.0691. The van der Waals surface area contributed by atoms with Crippen LogP contribution in [-0.2, 0) is 16.1 Å². The van der Waals surface area contributed by atoms with Crippen molar-refractivity contribution in [2.24, 2.45) is 0 Å². The van der Waals surface area contributed by atoms with Crippen LogP contribution >= 0.6 is 0 Å². The molecule has 0 aliphatic heterocycles. The molecule has 0 aliphatic rings. The van der Waals surface area contributed by atoms with E-state index in [1.54, 1.807) is 30.3 Å². The first-order valence-electron chi connectivity index (χ1n) is 9.39. The second-order valence-corrected chi connectivity index (χ2v) is 6.54. The quantitative estimate of drug-likeness (QED) is 0.337. The lowest BCUT2D eigenvalue weighted by Gasteiger charge is -2.19. The number of carbonyl (C=O) groups excluding carboxylic acids is 2. The normalized spacial score (nSPS) is 11.3. The third-order valence-electron chi connectivity index (χ3n) is 4.47. The summed E-state index contributed by atoms with van der Waals surface area (Å²) in [5, 5.41) is 14.3. The molecule has 0 saturated carbocycles. The van der Waals surface area contributed by atoms with Gasteiger partial charge in [0.05, 0.1) is 17.6 Å². The Labute approximate surface area is 178 Å². The smallest absolute Gasteiger partial charge is 0.337 e. The van der Waals surface area contributed by atoms with Gasteiger partial charge in [-0.1, -0.05) is 60.7 Å². The number of nitrogens with zero attached hydrogens (tertiary/aromatic N) is 1. The zero-order chi connectivity index (χ0) is 22.2. The molecule has 3 aromatic rings. The molecule has 3 rings (SSSR count). The first kappa shape index (κ1) is 21.5. The number of benzene rings is 3. The van der Waals surface area contributed by atoms with Gasteiger partial charge in [0.15, 0.2) is 5.75 Å². The van der Waals surface area contributed by atoms with Crippen LogP contribution in [0, 0.1) is 10.1 Å². The standard InChI is InChI=1S/C23H20N2O6/c1-30-23(27)18-12-13-19(25(28)29)20(14-18)31-21(17-10-6-3-7-11-17)22(26)24-15-16-8-4-2-5-9-16/h2-14,21H,15H2,1H3,(H,24,26). The Morgan fingerprint density at radius 1 is 1.00 bits per heavy atom. The van der Waals surface area contributed by atoms with Crippen LogP contribution < -0.4 is 10.1 Å². The highest BCUT2D eigenvalue weighted by molar-refractivity contribution is 5.90. The molecule has 3 aromatic carbocycles. The molecule has 1 N–H and O–H groups in total. The van der Waals surface area contributed by atoms with E-state index in [1.807, 2.05) is 30.3 Å². The van der Waals surface area contributed by atoms with E-state index in [9.17, 15) is 19.7 Å². The summed E-state index contributed by atoms with van der Waals surface area (Å²) in [5.41, 5.74) is 1.09. The van der Waals surface area contributed by atoms with Gasteiger partial charge in [0.1, 0.15) is 0 Å². The third-order valence-corrected chi connectivity index (χ3v) is 4.47. The number of nitro benzene ring substituents is 1. The fourth-order valence-corrected chi connectivity index (χ4v) is 2.91. The highest BCUT2D eigenvalue weighted by atomic mass is 16.6. The molecule has 158 valence electrons. The molecule has 0 heterocycles. The van der Waals surface area contributed by atoms with Crippen LogP contribution in [0.5, 0.6) is 5.75 Å². The van der Waals surface area contributed by atoms with Gasteiger partial charge < -0.3 is 14.8 Å². The number of nitrogens with one attached hydrogen (secondary N) is 1. The van der Waals surface area contributed by atoms with E-state index in [0.29, 0.717) is 5.56 Å². The van der Waals surface area contributed by atoms with E-state index in [2.05, 4.69) is 10.1 Å². The summed E-state index contributed by atoms with van der Waals surface area (Å²) in [6, 6.07) is 21.5. The minimum atomic E-state index is -1.17. The van der Waals surface area contributed by atoms with Crippen molar-refractivity contribution in [3.63, 3.8) is 0 Å². The maximum atomic E-state index is 13.0. The predicted octanol–water partition coefficient (Wildman–Crippen LogP) is 3.82. The summed E-state index contributed by atoms with van der Waals surface area (Å²) in [4.78, 5) is 35.7. The van der Waals surface area contributed by atoms with Crippen molar-refractivity contribution in [3.05, 3.63) is 106 Å². The van der Waals surface area contributed by atoms with E-state index in [0.717, 1.165) is 11.6 Å². The summed E-state index contributed by atoms with van der Waals surface area (Å²) >= 11 is 0. The summed E-state index contributed by atoms with van der Waals surface area (Å²) < 4.78 is 10.5. The lowest BCUT2D eigenvalue weighted by molar-refractivity contribution is -0.386. The van der Waals surface area contributed by atoms with Crippen LogP contribution in [0.1, 0.15) is 27.6 Å². The molecule has 0 fully saturated rings. The van der Waals surface area contributed by atoms with Gasteiger partial charge in [-0.25, -0.2) is 4.79 Å². The molecular weight excluding hydrogens is 400 g/mol. The second-order valence-electron chi connectivity index (χ2n) is 6.54. The summed E-state index contributed by atoms with van der Waals surface area (Å²) in [6.45, 7) is 0.261. The molecule has 0 aromatic heterocycles. The summed E-state index contributed by atoms with van der Waals surface area (Å²) in [7, 11) is 1.20. The Morgan fingerprint density at radius 3 is 2.26 bits per heavy atom. The number of nitro groups is 1. The number of hydrogen-bond donors (Lipinski definition) is 1. The number of methoxy groups -OCH3 is 1. The van der Waals surface area contributed by atoms with Gasteiger partial charge in [-0.3, -0.25) is 14.9 Å². The lowest BCUT2D eigenvalue weighted by Crippen LogP contribution is -2.32. The molecule has 0 bridgehead atoms. The molecule has 8 heteroatoms. The predicted molar refractivity (Wildman–Crippen MR) is 113 cm³/mol. The lowest BCUT2D eigenvalue weighted by atomic mass is 10.1. The van der Waals surface area contributed by atoms with Gasteiger partial charge in [-0.2, -0.15) is 0 Å². The van der Waals surface area contributed by atoms with Gasteiger partial charge in [0.2, 0.25) is 6.10 Å².